The molecule has 0 saturated carbocycles. The predicted octanol–water partition coefficient (Wildman–Crippen LogP) is 2.45. The summed E-state index contributed by atoms with van der Waals surface area (Å²) >= 11 is 5.56. The van der Waals surface area contributed by atoms with Gasteiger partial charge in [0.25, 0.3) is 0 Å². The Morgan fingerprint density at radius 2 is 2.00 bits per heavy atom. The molecular formula is C9H17ClO2. The van der Waals surface area contributed by atoms with Gasteiger partial charge < -0.3 is 4.74 Å². The summed E-state index contributed by atoms with van der Waals surface area (Å²) in [5.74, 6) is 0.592. The maximum absolute atomic E-state index is 11.2. The van der Waals surface area contributed by atoms with Gasteiger partial charge in [0.1, 0.15) is 0 Å². The van der Waals surface area contributed by atoms with Crippen molar-refractivity contribution < 1.29 is 9.53 Å². The molecule has 3 heteroatoms. The summed E-state index contributed by atoms with van der Waals surface area (Å²) in [6, 6.07) is 0. The predicted molar refractivity (Wildman–Crippen MR) is 50.3 cm³/mol. The number of esters is 1. The Bertz CT molecular complexity index is 149. The van der Waals surface area contributed by atoms with E-state index in [-0.39, 0.29) is 11.9 Å². The van der Waals surface area contributed by atoms with E-state index in [0.29, 0.717) is 12.5 Å². The summed E-state index contributed by atoms with van der Waals surface area (Å²) < 4.78 is 5.04. The summed E-state index contributed by atoms with van der Waals surface area (Å²) in [6.07, 6.45) is 0. The van der Waals surface area contributed by atoms with E-state index >= 15 is 0 Å². The van der Waals surface area contributed by atoms with E-state index < -0.39 is 5.41 Å². The molecule has 0 aromatic rings. The largest absolute Gasteiger partial charge is 0.465 e. The number of hydrogen-bond acceptors (Lipinski definition) is 2. The summed E-state index contributed by atoms with van der Waals surface area (Å²) in [4.78, 5) is 11.2. The second-order valence-electron chi connectivity index (χ2n) is 4.11. The Balaban J connectivity index is 3.73. The Labute approximate surface area is 79.2 Å². The topological polar surface area (TPSA) is 26.3 Å². The van der Waals surface area contributed by atoms with Crippen molar-refractivity contribution in [2.45, 2.75) is 27.7 Å². The van der Waals surface area contributed by atoms with Crippen LogP contribution in [0.5, 0.6) is 0 Å². The van der Waals surface area contributed by atoms with Crippen LogP contribution in [0.4, 0.5) is 0 Å². The fraction of sp³-hybridized carbons (Fsp3) is 0.889. The molecule has 0 rings (SSSR count). The number of hydrogen-bond donors (Lipinski definition) is 0. The van der Waals surface area contributed by atoms with Gasteiger partial charge in [0.2, 0.25) is 0 Å². The first-order chi connectivity index (χ1) is 5.38. The van der Waals surface area contributed by atoms with Crippen LogP contribution in [0.3, 0.4) is 0 Å². The molecule has 0 saturated heterocycles. The van der Waals surface area contributed by atoms with Crippen molar-refractivity contribution in [3.63, 3.8) is 0 Å². The van der Waals surface area contributed by atoms with Gasteiger partial charge >= 0.3 is 5.97 Å². The highest BCUT2D eigenvalue weighted by atomic mass is 35.5. The van der Waals surface area contributed by atoms with Crippen molar-refractivity contribution >= 4 is 17.6 Å². The van der Waals surface area contributed by atoms with Crippen molar-refractivity contribution in [3.8, 4) is 0 Å². The lowest BCUT2D eigenvalue weighted by molar-refractivity contribution is -0.153. The van der Waals surface area contributed by atoms with Gasteiger partial charge in [-0.15, -0.1) is 11.6 Å². The van der Waals surface area contributed by atoms with Gasteiger partial charge in [-0.3, -0.25) is 4.79 Å². The van der Waals surface area contributed by atoms with Crippen LogP contribution in [0.1, 0.15) is 27.7 Å². The van der Waals surface area contributed by atoms with E-state index in [1.165, 1.54) is 0 Å². The molecule has 0 heterocycles. The Morgan fingerprint density at radius 1 is 1.50 bits per heavy atom. The number of halogens is 1. The van der Waals surface area contributed by atoms with E-state index in [9.17, 15) is 4.79 Å². The van der Waals surface area contributed by atoms with Gasteiger partial charge in [-0.2, -0.15) is 0 Å². The zero-order chi connectivity index (χ0) is 9.78. The molecule has 0 aliphatic heterocycles. The van der Waals surface area contributed by atoms with Gasteiger partial charge in [-0.05, 0) is 20.8 Å². The normalized spacial score (nSPS) is 14.1. The van der Waals surface area contributed by atoms with Crippen LogP contribution in [0.15, 0.2) is 0 Å². The number of alkyl halides is 1. The molecule has 0 aromatic heterocycles. The second kappa shape index (κ2) is 4.70. The molecule has 0 spiro atoms. The van der Waals surface area contributed by atoms with Crippen molar-refractivity contribution in [3.05, 3.63) is 0 Å². The molecule has 1 atom stereocenters. The number of carbonyl (C=O) groups excluding carboxylic acids is 1. The molecule has 0 bridgehead atoms. The van der Waals surface area contributed by atoms with Crippen LogP contribution < -0.4 is 0 Å². The van der Waals surface area contributed by atoms with Gasteiger partial charge in [-0.1, -0.05) is 6.92 Å². The minimum Gasteiger partial charge on any atom is -0.465 e. The quantitative estimate of drug-likeness (QED) is 0.507. The first kappa shape index (κ1) is 11.8. The fourth-order valence-corrected chi connectivity index (χ4v) is 0.568. The highest BCUT2D eigenvalue weighted by Gasteiger charge is 2.23. The summed E-state index contributed by atoms with van der Waals surface area (Å²) in [5.41, 5.74) is -0.411. The van der Waals surface area contributed by atoms with E-state index in [0.717, 1.165) is 0 Å². The first-order valence-electron chi connectivity index (χ1n) is 4.11. The van der Waals surface area contributed by atoms with E-state index in [1.807, 2.05) is 27.7 Å². The van der Waals surface area contributed by atoms with Crippen LogP contribution in [0.2, 0.25) is 0 Å². The third kappa shape index (κ3) is 4.60. The van der Waals surface area contributed by atoms with Crippen LogP contribution in [0.25, 0.3) is 0 Å². The number of ether oxygens (including phenoxy) is 1. The summed E-state index contributed by atoms with van der Waals surface area (Å²) in [7, 11) is 0. The SMILES string of the molecule is C[C@@H](CCl)COC(=O)C(C)(C)C. The van der Waals surface area contributed by atoms with Crippen LogP contribution in [-0.4, -0.2) is 18.5 Å². The third-order valence-electron chi connectivity index (χ3n) is 1.37. The van der Waals surface area contributed by atoms with Gasteiger partial charge in [0.15, 0.2) is 0 Å². The van der Waals surface area contributed by atoms with E-state index in [4.69, 9.17) is 16.3 Å². The first-order valence-corrected chi connectivity index (χ1v) is 4.64. The number of carbonyl (C=O) groups is 1. The molecule has 0 fully saturated rings. The monoisotopic (exact) mass is 192 g/mol. The average Bonchev–Trinajstić information content (AvgIpc) is 1.97. The maximum atomic E-state index is 11.2. The average molecular weight is 193 g/mol. The van der Waals surface area contributed by atoms with Gasteiger partial charge in [-0.25, -0.2) is 0 Å². The number of rotatable bonds is 3. The van der Waals surface area contributed by atoms with Crippen molar-refractivity contribution in [1.29, 1.82) is 0 Å². The standard InChI is InChI=1S/C9H17ClO2/c1-7(5-10)6-12-8(11)9(2,3)4/h7H,5-6H2,1-4H3/t7-/m0/s1. The lowest BCUT2D eigenvalue weighted by Gasteiger charge is -2.17. The molecule has 0 aromatic carbocycles. The molecule has 0 aliphatic carbocycles. The van der Waals surface area contributed by atoms with Crippen LogP contribution in [-0.2, 0) is 9.53 Å². The highest BCUT2D eigenvalue weighted by Crippen LogP contribution is 2.15. The van der Waals surface area contributed by atoms with Crippen molar-refractivity contribution in [2.24, 2.45) is 11.3 Å². The molecule has 0 aliphatic rings. The van der Waals surface area contributed by atoms with Gasteiger partial charge in [0.05, 0.1) is 12.0 Å². The lowest BCUT2D eigenvalue weighted by Crippen LogP contribution is -2.25. The lowest BCUT2D eigenvalue weighted by atomic mass is 9.97. The molecule has 0 N–H and O–H groups in total. The summed E-state index contributed by atoms with van der Waals surface area (Å²) in [6.45, 7) is 7.87. The Morgan fingerprint density at radius 3 is 2.33 bits per heavy atom. The van der Waals surface area contributed by atoms with Gasteiger partial charge in [0, 0.05) is 11.8 Å². The second-order valence-corrected chi connectivity index (χ2v) is 4.42. The maximum Gasteiger partial charge on any atom is 0.311 e. The van der Waals surface area contributed by atoms with E-state index in [1.54, 1.807) is 0 Å². The third-order valence-corrected chi connectivity index (χ3v) is 1.90. The zero-order valence-electron chi connectivity index (χ0n) is 8.19. The molecule has 12 heavy (non-hydrogen) atoms. The van der Waals surface area contributed by atoms with Crippen LogP contribution >= 0.6 is 11.6 Å². The molecule has 0 radical (unpaired) electrons. The summed E-state index contributed by atoms with van der Waals surface area (Å²) in [5, 5.41) is 0. The zero-order valence-corrected chi connectivity index (χ0v) is 8.94. The van der Waals surface area contributed by atoms with Crippen molar-refractivity contribution in [1.82, 2.24) is 0 Å². The smallest absolute Gasteiger partial charge is 0.311 e. The Hall–Kier alpha value is -0.240. The molecule has 0 amide bonds. The molecular weight excluding hydrogens is 176 g/mol. The highest BCUT2D eigenvalue weighted by molar-refractivity contribution is 6.18. The van der Waals surface area contributed by atoms with Crippen LogP contribution in [0, 0.1) is 11.3 Å². The minimum atomic E-state index is -0.411. The molecule has 2 nitrogen and oxygen atoms in total. The molecule has 72 valence electrons. The molecule has 0 unspecified atom stereocenters. The Kier molecular flexibility index (Phi) is 4.61. The fourth-order valence-electron chi connectivity index (χ4n) is 0.479. The van der Waals surface area contributed by atoms with E-state index in [2.05, 4.69) is 0 Å². The minimum absolute atomic E-state index is 0.167. The van der Waals surface area contributed by atoms with Crippen molar-refractivity contribution in [2.75, 3.05) is 12.5 Å².